The second-order valence-electron chi connectivity index (χ2n) is 24.5. The lowest BCUT2D eigenvalue weighted by molar-refractivity contribution is -0.153. The summed E-state index contributed by atoms with van der Waals surface area (Å²) in [6.45, 7) is 16.8. The van der Waals surface area contributed by atoms with E-state index in [1.54, 1.807) is 33.5 Å². The maximum atomic E-state index is 12.2. The summed E-state index contributed by atoms with van der Waals surface area (Å²) < 4.78 is 18.0. The van der Waals surface area contributed by atoms with Gasteiger partial charge in [0.15, 0.2) is 0 Å². The van der Waals surface area contributed by atoms with Gasteiger partial charge in [0.2, 0.25) is 0 Å². The summed E-state index contributed by atoms with van der Waals surface area (Å²) in [6.07, 6.45) is 21.2. The molecule has 7 N–H and O–H groups in total. The highest BCUT2D eigenvalue weighted by molar-refractivity contribution is 5.75. The third-order valence-electron chi connectivity index (χ3n) is 21.8. The normalized spacial score (nSPS) is 47.4. The first kappa shape index (κ1) is 59.5. The minimum Gasteiger partial charge on any atom is -0.481 e. The van der Waals surface area contributed by atoms with Crippen molar-refractivity contribution in [2.24, 2.45) is 81.3 Å². The monoisotopic (exact) mass is 1060 g/mol. The molecule has 3 spiro atoms. The summed E-state index contributed by atoms with van der Waals surface area (Å²) in [5.41, 5.74) is -0.176. The molecular formula is C60H86O16. The lowest BCUT2D eigenvalue weighted by Crippen LogP contribution is -2.49. The zero-order valence-corrected chi connectivity index (χ0v) is 45.6. The first-order valence-corrected chi connectivity index (χ1v) is 27.6. The Balaban J connectivity index is 0.000000154. The van der Waals surface area contributed by atoms with Gasteiger partial charge in [-0.3, -0.25) is 14.4 Å². The molecule has 0 amide bonds. The minimum absolute atomic E-state index is 0.0365. The molecule has 10 saturated carbocycles. The highest BCUT2D eigenvalue weighted by atomic mass is 16.5. The van der Waals surface area contributed by atoms with Crippen LogP contribution in [0.25, 0.3) is 0 Å². The van der Waals surface area contributed by atoms with Crippen LogP contribution in [0.1, 0.15) is 130 Å². The number of carboxylic acids is 3. The molecule has 21 unspecified atom stereocenters. The number of carboxylic acid groups (broad SMARTS) is 3. The van der Waals surface area contributed by atoms with E-state index in [0.717, 1.165) is 95.1 Å². The molecule has 12 aliphatic rings. The molecule has 16 nitrogen and oxygen atoms in total. The molecule has 422 valence electrons. The van der Waals surface area contributed by atoms with Crippen molar-refractivity contribution in [1.29, 1.82) is 0 Å². The molecule has 0 aromatic carbocycles. The molecular weight excluding hydrogens is 977 g/mol. The van der Waals surface area contributed by atoms with Crippen LogP contribution >= 0.6 is 0 Å². The van der Waals surface area contributed by atoms with Crippen LogP contribution in [0.2, 0.25) is 0 Å². The summed E-state index contributed by atoms with van der Waals surface area (Å²) in [4.78, 5) is 63.0. The molecule has 0 aromatic rings. The number of aldehydes is 3. The van der Waals surface area contributed by atoms with Gasteiger partial charge >= 0.3 is 17.9 Å². The Morgan fingerprint density at radius 3 is 1.43 bits per heavy atom. The highest BCUT2D eigenvalue weighted by Crippen LogP contribution is 2.76. The first-order chi connectivity index (χ1) is 35.9. The lowest BCUT2D eigenvalue weighted by Gasteiger charge is -2.47. The smallest absolute Gasteiger partial charge is 0.307 e. The van der Waals surface area contributed by atoms with Crippen molar-refractivity contribution in [3.63, 3.8) is 0 Å². The van der Waals surface area contributed by atoms with Crippen molar-refractivity contribution in [2.75, 3.05) is 21.3 Å². The summed E-state index contributed by atoms with van der Waals surface area (Å²) in [5.74, 6) is -2.69. The summed E-state index contributed by atoms with van der Waals surface area (Å²) in [7, 11) is 5.08. The van der Waals surface area contributed by atoms with Crippen LogP contribution in [0.5, 0.6) is 0 Å². The Hall–Kier alpha value is -4.16. The fraction of sp³-hybridized carbons (Fsp3) is 0.733. The number of ether oxygens (including phenoxy) is 3. The van der Waals surface area contributed by atoms with Crippen LogP contribution in [0, 0.1) is 81.3 Å². The Morgan fingerprint density at radius 2 is 0.987 bits per heavy atom. The van der Waals surface area contributed by atoms with E-state index in [2.05, 4.69) is 19.7 Å². The van der Waals surface area contributed by atoms with Crippen molar-refractivity contribution < 1.29 is 78.7 Å². The van der Waals surface area contributed by atoms with Gasteiger partial charge in [0, 0.05) is 39.1 Å². The maximum absolute atomic E-state index is 12.2. The number of fused-ring (bicyclic) bond motifs is 9. The Labute approximate surface area is 448 Å². The zero-order chi connectivity index (χ0) is 56.1. The molecule has 76 heavy (non-hydrogen) atoms. The predicted molar refractivity (Wildman–Crippen MR) is 280 cm³/mol. The van der Waals surface area contributed by atoms with Crippen molar-refractivity contribution in [2.45, 2.75) is 171 Å². The number of carbonyl (C=O) groups excluding carboxylic acids is 3. The molecule has 0 aromatic heterocycles. The van der Waals surface area contributed by atoms with E-state index in [4.69, 9.17) is 28.6 Å². The third kappa shape index (κ3) is 8.99. The maximum Gasteiger partial charge on any atom is 0.307 e. The number of methoxy groups -OCH3 is 3. The molecule has 12 rings (SSSR count). The van der Waals surface area contributed by atoms with E-state index >= 15 is 0 Å². The SMILES string of the molecule is C=C1CC23CC1(O)CCC2C1(OC)C=CC(O)CC1C3C(=O)O.C=C1CC23CC1CCC2C1(OC)C=CC(O)CC1C3C(=O)O.C=C1CC23CC1CCC2C1(OC)CCC(O)CC1C3C(=O)O.CC=O.CC=O.CC=O. The molecule has 0 aliphatic heterocycles. The van der Waals surface area contributed by atoms with Crippen LogP contribution in [-0.4, -0.2) is 135 Å². The summed E-state index contributed by atoms with van der Waals surface area (Å²) in [5, 5.41) is 71.2. The summed E-state index contributed by atoms with van der Waals surface area (Å²) >= 11 is 0. The van der Waals surface area contributed by atoms with Crippen LogP contribution in [0.3, 0.4) is 0 Å². The first-order valence-electron chi connectivity index (χ1n) is 27.6. The van der Waals surface area contributed by atoms with E-state index < -0.39 is 70.1 Å². The average molecular weight is 1060 g/mol. The molecule has 0 radical (unpaired) electrons. The molecule has 6 bridgehead atoms. The van der Waals surface area contributed by atoms with Crippen molar-refractivity contribution in [1.82, 2.24) is 0 Å². The van der Waals surface area contributed by atoms with E-state index in [-0.39, 0.29) is 52.1 Å². The number of aliphatic carboxylic acids is 3. The van der Waals surface area contributed by atoms with Gasteiger partial charge in [0.05, 0.1) is 58.5 Å². The Morgan fingerprint density at radius 1 is 0.566 bits per heavy atom. The fourth-order valence-electron chi connectivity index (χ4n) is 19.8. The average Bonchev–Trinajstić information content (AvgIpc) is 4.08. The summed E-state index contributed by atoms with van der Waals surface area (Å²) in [6, 6.07) is 0. The molecule has 21 atom stereocenters. The minimum atomic E-state index is -0.936. The number of carbonyl (C=O) groups is 6. The topological polar surface area (TPSA) is 272 Å². The van der Waals surface area contributed by atoms with Crippen LogP contribution < -0.4 is 0 Å². The van der Waals surface area contributed by atoms with E-state index in [1.807, 2.05) is 12.2 Å². The van der Waals surface area contributed by atoms with Crippen LogP contribution in [-0.2, 0) is 43.0 Å². The Kier molecular flexibility index (Phi) is 17.4. The molecule has 0 heterocycles. The second kappa shape index (κ2) is 22.2. The van der Waals surface area contributed by atoms with Gasteiger partial charge in [-0.05, 0) is 181 Å². The third-order valence-corrected chi connectivity index (χ3v) is 21.8. The number of hydrogen-bond donors (Lipinski definition) is 7. The van der Waals surface area contributed by atoms with Crippen molar-refractivity contribution in [3.8, 4) is 0 Å². The lowest BCUT2D eigenvalue weighted by atomic mass is 9.62. The van der Waals surface area contributed by atoms with Crippen molar-refractivity contribution >= 4 is 36.8 Å². The fourth-order valence-corrected chi connectivity index (χ4v) is 19.8. The Bertz CT molecular complexity index is 2330. The largest absolute Gasteiger partial charge is 0.481 e. The molecule has 10 fully saturated rings. The van der Waals surface area contributed by atoms with Gasteiger partial charge < -0.3 is 64.3 Å². The molecule has 12 aliphatic carbocycles. The number of rotatable bonds is 6. The highest BCUT2D eigenvalue weighted by Gasteiger charge is 2.77. The van der Waals surface area contributed by atoms with Gasteiger partial charge in [0.25, 0.3) is 0 Å². The van der Waals surface area contributed by atoms with Gasteiger partial charge in [-0.25, -0.2) is 0 Å². The van der Waals surface area contributed by atoms with E-state index in [9.17, 15) is 50.1 Å². The number of aliphatic hydroxyl groups excluding tert-OH is 3. The molecule has 0 saturated heterocycles. The number of aliphatic hydroxyl groups is 4. The number of hydrogen-bond acceptors (Lipinski definition) is 13. The van der Waals surface area contributed by atoms with Crippen LogP contribution in [0.4, 0.5) is 0 Å². The predicted octanol–water partition coefficient (Wildman–Crippen LogP) is 7.11. The second-order valence-corrected chi connectivity index (χ2v) is 24.5. The standard InChI is InChI=1S/C18H24O5.C18H26O4.C18H24O4.3C2H4O/c1-10-8-16-9-17(10,22)5-4-13(16)18(23-2)6-3-11(19)7-12(18)14(16)15(20)21;2*1-10-8-17-9-11(10)3-4-14(17)18(22-2)6-5-12(19)7-13(18)15(17)16(20)21;3*1-2-3/h3,6,11-14,19,22H,1,4-5,7-9H2,2H3,(H,20,21);11-15,19H,1,3-9H2,2H3,(H,20,21);5-6,11-15,19H,1,3-4,7-9H2,2H3,(H,20,21);3*2H,1H3. The van der Waals surface area contributed by atoms with Gasteiger partial charge in [-0.1, -0.05) is 55.2 Å². The van der Waals surface area contributed by atoms with Gasteiger partial charge in [-0.2, -0.15) is 0 Å². The van der Waals surface area contributed by atoms with E-state index in [1.165, 1.54) is 31.9 Å². The van der Waals surface area contributed by atoms with E-state index in [0.29, 0.717) is 56.3 Å². The van der Waals surface area contributed by atoms with Crippen molar-refractivity contribution in [3.05, 3.63) is 60.8 Å². The van der Waals surface area contributed by atoms with Gasteiger partial charge in [0.1, 0.15) is 18.9 Å². The van der Waals surface area contributed by atoms with Gasteiger partial charge in [-0.15, -0.1) is 0 Å². The number of allylic oxidation sites excluding steroid dienone is 2. The zero-order valence-electron chi connectivity index (χ0n) is 45.6. The van der Waals surface area contributed by atoms with Crippen LogP contribution in [0.15, 0.2) is 60.8 Å². The quantitative estimate of drug-likeness (QED) is 0.103. The molecule has 16 heteroatoms.